The highest BCUT2D eigenvalue weighted by Crippen LogP contribution is 2.27. The first-order valence-electron chi connectivity index (χ1n) is 9.13. The van der Waals surface area contributed by atoms with Gasteiger partial charge in [-0.25, -0.2) is 9.37 Å². The Kier molecular flexibility index (Phi) is 4.85. The summed E-state index contributed by atoms with van der Waals surface area (Å²) in [6.45, 7) is 6.64. The van der Waals surface area contributed by atoms with E-state index in [2.05, 4.69) is 38.0 Å². The fraction of sp³-hybridized carbons (Fsp3) is 0.350. The highest BCUT2D eigenvalue weighted by Gasteiger charge is 2.22. The molecule has 0 amide bonds. The SMILES string of the molecule is Cc1nn(C)cc1CN1CCN(c2nccnc2-c2ccc(F)cc2)CC1. The molecule has 4 rings (SSSR count). The molecule has 1 saturated heterocycles. The molecule has 27 heavy (non-hydrogen) atoms. The van der Waals surface area contributed by atoms with Crippen LogP contribution < -0.4 is 4.90 Å². The lowest BCUT2D eigenvalue weighted by molar-refractivity contribution is 0.249. The minimum atomic E-state index is -0.247. The fourth-order valence-corrected chi connectivity index (χ4v) is 3.54. The average Bonchev–Trinajstić information content (AvgIpc) is 3.00. The number of hydrogen-bond donors (Lipinski definition) is 0. The predicted octanol–water partition coefficient (Wildman–Crippen LogP) is 2.65. The quantitative estimate of drug-likeness (QED) is 0.711. The summed E-state index contributed by atoms with van der Waals surface area (Å²) in [6.07, 6.45) is 5.49. The second-order valence-corrected chi connectivity index (χ2v) is 6.91. The molecule has 3 aromatic rings. The summed E-state index contributed by atoms with van der Waals surface area (Å²) in [5.74, 6) is 0.616. The van der Waals surface area contributed by atoms with Crippen molar-refractivity contribution in [3.05, 3.63) is 59.9 Å². The number of aromatic nitrogens is 4. The van der Waals surface area contributed by atoms with Crippen LogP contribution in [-0.2, 0) is 13.6 Å². The number of hydrogen-bond acceptors (Lipinski definition) is 5. The van der Waals surface area contributed by atoms with Crippen molar-refractivity contribution < 1.29 is 4.39 Å². The van der Waals surface area contributed by atoms with Gasteiger partial charge in [0.25, 0.3) is 0 Å². The first-order chi connectivity index (χ1) is 13.1. The van der Waals surface area contributed by atoms with E-state index in [1.165, 1.54) is 17.7 Å². The van der Waals surface area contributed by atoms with E-state index in [1.54, 1.807) is 24.5 Å². The van der Waals surface area contributed by atoms with Crippen molar-refractivity contribution in [2.24, 2.45) is 7.05 Å². The minimum Gasteiger partial charge on any atom is -0.352 e. The Morgan fingerprint density at radius 2 is 1.70 bits per heavy atom. The third-order valence-corrected chi connectivity index (χ3v) is 4.98. The topological polar surface area (TPSA) is 50.1 Å². The molecule has 0 aliphatic carbocycles. The third-order valence-electron chi connectivity index (χ3n) is 4.98. The molecule has 7 heteroatoms. The van der Waals surface area contributed by atoms with Gasteiger partial charge in [0.05, 0.1) is 5.69 Å². The van der Waals surface area contributed by atoms with E-state index >= 15 is 0 Å². The maximum atomic E-state index is 13.3. The number of nitrogens with zero attached hydrogens (tertiary/aromatic N) is 6. The zero-order valence-corrected chi connectivity index (χ0v) is 15.6. The van der Waals surface area contributed by atoms with Crippen LogP contribution in [0.1, 0.15) is 11.3 Å². The average molecular weight is 366 g/mol. The molecular weight excluding hydrogens is 343 g/mol. The fourth-order valence-electron chi connectivity index (χ4n) is 3.54. The van der Waals surface area contributed by atoms with Gasteiger partial charge in [-0.2, -0.15) is 5.10 Å². The largest absolute Gasteiger partial charge is 0.352 e. The van der Waals surface area contributed by atoms with Crippen molar-refractivity contribution in [2.45, 2.75) is 13.5 Å². The van der Waals surface area contributed by atoms with E-state index in [0.717, 1.165) is 55.5 Å². The monoisotopic (exact) mass is 366 g/mol. The first kappa shape index (κ1) is 17.6. The summed E-state index contributed by atoms with van der Waals surface area (Å²) >= 11 is 0. The van der Waals surface area contributed by atoms with E-state index in [1.807, 2.05) is 11.7 Å². The van der Waals surface area contributed by atoms with Gasteiger partial charge in [0.15, 0.2) is 5.82 Å². The van der Waals surface area contributed by atoms with Gasteiger partial charge in [0.2, 0.25) is 0 Å². The second kappa shape index (κ2) is 7.44. The molecule has 0 spiro atoms. The van der Waals surface area contributed by atoms with Crippen LogP contribution in [-0.4, -0.2) is 50.8 Å². The molecule has 0 bridgehead atoms. The number of anilines is 1. The number of halogens is 1. The normalized spacial score (nSPS) is 15.3. The lowest BCUT2D eigenvalue weighted by Gasteiger charge is -2.35. The molecule has 1 aliphatic rings. The minimum absolute atomic E-state index is 0.247. The van der Waals surface area contributed by atoms with E-state index in [-0.39, 0.29) is 5.82 Å². The number of benzene rings is 1. The molecule has 0 unspecified atom stereocenters. The summed E-state index contributed by atoms with van der Waals surface area (Å²) < 4.78 is 15.1. The molecule has 3 heterocycles. The highest BCUT2D eigenvalue weighted by atomic mass is 19.1. The van der Waals surface area contributed by atoms with E-state index in [9.17, 15) is 4.39 Å². The third kappa shape index (κ3) is 3.83. The standard InChI is InChI=1S/C20H23FN6/c1-15-17(13-25(2)24-15)14-26-9-11-27(12-10-26)20-19(22-7-8-23-20)16-3-5-18(21)6-4-16/h3-8,13H,9-12,14H2,1-2H3. The molecule has 6 nitrogen and oxygen atoms in total. The van der Waals surface area contributed by atoms with Crippen LogP contribution in [0.5, 0.6) is 0 Å². The Labute approximate surface area is 158 Å². The molecular formula is C20H23FN6. The van der Waals surface area contributed by atoms with Gasteiger partial charge >= 0.3 is 0 Å². The van der Waals surface area contributed by atoms with Crippen LogP contribution in [0.2, 0.25) is 0 Å². The van der Waals surface area contributed by atoms with Gasteiger partial charge in [-0.05, 0) is 31.2 Å². The van der Waals surface area contributed by atoms with Crippen molar-refractivity contribution in [1.82, 2.24) is 24.6 Å². The Hall–Kier alpha value is -2.80. The smallest absolute Gasteiger partial charge is 0.155 e. The Balaban J connectivity index is 1.47. The maximum Gasteiger partial charge on any atom is 0.155 e. The zero-order valence-electron chi connectivity index (χ0n) is 15.6. The van der Waals surface area contributed by atoms with Gasteiger partial charge in [-0.15, -0.1) is 0 Å². The van der Waals surface area contributed by atoms with Gasteiger partial charge in [0.1, 0.15) is 11.5 Å². The summed E-state index contributed by atoms with van der Waals surface area (Å²) in [4.78, 5) is 13.8. The van der Waals surface area contributed by atoms with Crippen molar-refractivity contribution >= 4 is 5.82 Å². The van der Waals surface area contributed by atoms with Crippen molar-refractivity contribution in [3.63, 3.8) is 0 Å². The van der Waals surface area contributed by atoms with E-state index < -0.39 is 0 Å². The van der Waals surface area contributed by atoms with Crippen LogP contribution in [0, 0.1) is 12.7 Å². The van der Waals surface area contributed by atoms with Crippen LogP contribution in [0.3, 0.4) is 0 Å². The number of aryl methyl sites for hydroxylation is 2. The Bertz CT molecular complexity index is 912. The summed E-state index contributed by atoms with van der Waals surface area (Å²) in [5, 5.41) is 4.43. The predicted molar refractivity (Wildman–Crippen MR) is 103 cm³/mol. The second-order valence-electron chi connectivity index (χ2n) is 6.91. The van der Waals surface area contributed by atoms with Gasteiger partial charge in [-0.1, -0.05) is 0 Å². The van der Waals surface area contributed by atoms with Crippen LogP contribution in [0.4, 0.5) is 10.2 Å². The van der Waals surface area contributed by atoms with Gasteiger partial charge < -0.3 is 4.90 Å². The van der Waals surface area contributed by atoms with Crippen LogP contribution in [0.25, 0.3) is 11.3 Å². The van der Waals surface area contributed by atoms with E-state index in [4.69, 9.17) is 0 Å². The molecule has 2 aromatic heterocycles. The molecule has 0 N–H and O–H groups in total. The molecule has 140 valence electrons. The molecule has 1 aromatic carbocycles. The van der Waals surface area contributed by atoms with Gasteiger partial charge in [-0.3, -0.25) is 14.6 Å². The summed E-state index contributed by atoms with van der Waals surface area (Å²) in [5.41, 5.74) is 4.05. The van der Waals surface area contributed by atoms with Crippen LogP contribution in [0.15, 0.2) is 42.9 Å². The summed E-state index contributed by atoms with van der Waals surface area (Å²) in [7, 11) is 1.96. The highest BCUT2D eigenvalue weighted by molar-refractivity contribution is 5.72. The maximum absolute atomic E-state index is 13.3. The van der Waals surface area contributed by atoms with Crippen molar-refractivity contribution in [2.75, 3.05) is 31.1 Å². The molecule has 0 radical (unpaired) electrons. The lowest BCUT2D eigenvalue weighted by Crippen LogP contribution is -2.46. The van der Waals surface area contributed by atoms with Gasteiger partial charge in [0, 0.05) is 69.5 Å². The molecule has 1 fully saturated rings. The van der Waals surface area contributed by atoms with Crippen LogP contribution >= 0.6 is 0 Å². The number of rotatable bonds is 4. The van der Waals surface area contributed by atoms with Crippen molar-refractivity contribution in [1.29, 1.82) is 0 Å². The number of piperazine rings is 1. The lowest BCUT2D eigenvalue weighted by atomic mass is 10.1. The zero-order chi connectivity index (χ0) is 18.8. The molecule has 0 atom stereocenters. The van der Waals surface area contributed by atoms with E-state index in [0.29, 0.717) is 0 Å². The summed E-state index contributed by atoms with van der Waals surface area (Å²) in [6, 6.07) is 6.43. The molecule has 1 aliphatic heterocycles. The Morgan fingerprint density at radius 3 is 2.37 bits per heavy atom. The van der Waals surface area contributed by atoms with Crippen molar-refractivity contribution in [3.8, 4) is 11.3 Å². The first-order valence-corrected chi connectivity index (χ1v) is 9.13. The Morgan fingerprint density at radius 1 is 1.00 bits per heavy atom. The molecule has 0 saturated carbocycles.